The normalized spacial score (nSPS) is 11.1. The summed E-state index contributed by atoms with van der Waals surface area (Å²) in [7, 11) is 2.95. The van der Waals surface area contributed by atoms with E-state index in [2.05, 4.69) is 9.97 Å². The molecule has 0 atom stereocenters. The molecule has 5 aromatic rings. The minimum atomic E-state index is -0.470. The minimum absolute atomic E-state index is 0.344. The molecule has 0 aliphatic rings. The lowest BCUT2D eigenvalue weighted by Crippen LogP contribution is -2.01. The molecule has 2 aromatic heterocycles. The van der Waals surface area contributed by atoms with E-state index in [4.69, 9.17) is 18.3 Å². The van der Waals surface area contributed by atoms with E-state index in [0.29, 0.717) is 45.1 Å². The third-order valence-corrected chi connectivity index (χ3v) is 4.81. The van der Waals surface area contributed by atoms with Gasteiger partial charge in [0, 0.05) is 5.56 Å². The zero-order valence-corrected chi connectivity index (χ0v) is 16.2. The van der Waals surface area contributed by atoms with E-state index in [0.717, 1.165) is 11.3 Å². The van der Waals surface area contributed by atoms with Gasteiger partial charge in [-0.15, -0.1) is 0 Å². The summed E-state index contributed by atoms with van der Waals surface area (Å²) >= 11 is 0. The number of fused-ring (bicyclic) bond motifs is 2. The largest absolute Gasteiger partial charge is 0.497 e. The number of methoxy groups -OCH3 is 2. The Morgan fingerprint density at radius 3 is 2.20 bits per heavy atom. The Morgan fingerprint density at radius 2 is 1.47 bits per heavy atom. The predicted octanol–water partition coefficient (Wildman–Crippen LogP) is 5.10. The molecule has 0 saturated heterocycles. The Morgan fingerprint density at radius 1 is 0.800 bits per heavy atom. The van der Waals surface area contributed by atoms with E-state index in [-0.39, 0.29) is 0 Å². The molecule has 148 valence electrons. The summed E-state index contributed by atoms with van der Waals surface area (Å²) in [5, 5.41) is 0. The van der Waals surface area contributed by atoms with Crippen LogP contribution >= 0.6 is 0 Å². The monoisotopic (exact) mass is 400 g/mol. The first-order valence-electron chi connectivity index (χ1n) is 9.20. The number of carbonyl (C=O) groups excluding carboxylic acids is 1. The highest BCUT2D eigenvalue weighted by atomic mass is 16.5. The minimum Gasteiger partial charge on any atom is -0.497 e. The number of para-hydroxylation sites is 2. The lowest BCUT2D eigenvalue weighted by atomic mass is 10.2. The molecular formula is C23H16N2O5. The van der Waals surface area contributed by atoms with Gasteiger partial charge in [-0.1, -0.05) is 12.1 Å². The zero-order valence-electron chi connectivity index (χ0n) is 16.2. The lowest BCUT2D eigenvalue weighted by molar-refractivity contribution is 0.0602. The van der Waals surface area contributed by atoms with Crippen molar-refractivity contribution in [2.24, 2.45) is 0 Å². The Kier molecular flexibility index (Phi) is 4.21. The number of hydrogen-bond acceptors (Lipinski definition) is 7. The number of nitrogens with zero attached hydrogens (tertiary/aromatic N) is 2. The maximum absolute atomic E-state index is 12.1. The van der Waals surface area contributed by atoms with Crippen molar-refractivity contribution in [3.05, 3.63) is 66.2 Å². The zero-order chi connectivity index (χ0) is 20.7. The first kappa shape index (κ1) is 17.9. The molecule has 0 unspecified atom stereocenters. The van der Waals surface area contributed by atoms with Crippen molar-refractivity contribution in [2.75, 3.05) is 14.2 Å². The molecule has 0 amide bonds. The fraction of sp³-hybridized carbons (Fsp3) is 0.0870. The van der Waals surface area contributed by atoms with Crippen LogP contribution in [-0.2, 0) is 4.74 Å². The average molecular weight is 400 g/mol. The maximum atomic E-state index is 12.1. The molecule has 30 heavy (non-hydrogen) atoms. The first-order valence-corrected chi connectivity index (χ1v) is 9.20. The molecular weight excluding hydrogens is 384 g/mol. The number of ether oxygens (including phenoxy) is 2. The fourth-order valence-corrected chi connectivity index (χ4v) is 3.32. The van der Waals surface area contributed by atoms with Crippen LogP contribution in [0.2, 0.25) is 0 Å². The van der Waals surface area contributed by atoms with Crippen LogP contribution < -0.4 is 4.74 Å². The standard InChI is InChI=1S/C23H16N2O5/c1-27-14-11-9-13(10-12-14)21-24-19-15(5-3-7-17(19)29-21)22-25-20-16(23(26)28-2)6-4-8-18(20)30-22/h3-12H,1-2H3. The van der Waals surface area contributed by atoms with E-state index in [1.165, 1.54) is 7.11 Å². The molecule has 3 aromatic carbocycles. The molecule has 7 nitrogen and oxygen atoms in total. The van der Waals surface area contributed by atoms with Crippen molar-refractivity contribution in [1.29, 1.82) is 0 Å². The van der Waals surface area contributed by atoms with Crippen molar-refractivity contribution in [3.63, 3.8) is 0 Å². The van der Waals surface area contributed by atoms with Gasteiger partial charge in [0.25, 0.3) is 0 Å². The molecule has 0 spiro atoms. The second kappa shape index (κ2) is 7.04. The number of aromatic nitrogens is 2. The Bertz CT molecular complexity index is 1380. The van der Waals surface area contributed by atoms with Gasteiger partial charge < -0.3 is 18.3 Å². The number of hydrogen-bond donors (Lipinski definition) is 0. The lowest BCUT2D eigenvalue weighted by Gasteiger charge is -1.99. The Labute approximate surface area is 170 Å². The molecule has 0 saturated carbocycles. The molecule has 2 heterocycles. The van der Waals surface area contributed by atoms with Gasteiger partial charge in [0.15, 0.2) is 11.2 Å². The summed E-state index contributed by atoms with van der Waals surface area (Å²) in [5.41, 5.74) is 3.99. The highest BCUT2D eigenvalue weighted by Gasteiger charge is 2.20. The van der Waals surface area contributed by atoms with E-state index >= 15 is 0 Å². The second-order valence-electron chi connectivity index (χ2n) is 6.56. The van der Waals surface area contributed by atoms with Crippen LogP contribution in [0.15, 0.2) is 69.5 Å². The Balaban J connectivity index is 1.64. The molecule has 0 bridgehead atoms. The molecule has 7 heteroatoms. The maximum Gasteiger partial charge on any atom is 0.340 e. The SMILES string of the molecule is COC(=O)c1cccc2oc(-c3cccc4oc(-c5ccc(OC)cc5)nc34)nc12. The third kappa shape index (κ3) is 2.88. The van der Waals surface area contributed by atoms with Crippen molar-refractivity contribution >= 4 is 28.2 Å². The number of rotatable bonds is 4. The van der Waals surface area contributed by atoms with Crippen LogP contribution in [0.25, 0.3) is 45.1 Å². The van der Waals surface area contributed by atoms with Gasteiger partial charge in [-0.25, -0.2) is 14.8 Å². The molecule has 0 N–H and O–H groups in total. The second-order valence-corrected chi connectivity index (χ2v) is 6.56. The summed E-state index contributed by atoms with van der Waals surface area (Å²) in [5.74, 6) is 1.11. The smallest absolute Gasteiger partial charge is 0.340 e. The first-order chi connectivity index (χ1) is 14.7. The quantitative estimate of drug-likeness (QED) is 0.388. The average Bonchev–Trinajstić information content (AvgIpc) is 3.42. The molecule has 0 radical (unpaired) electrons. The van der Waals surface area contributed by atoms with Gasteiger partial charge in [0.2, 0.25) is 11.8 Å². The van der Waals surface area contributed by atoms with Crippen molar-refractivity contribution in [1.82, 2.24) is 9.97 Å². The summed E-state index contributed by atoms with van der Waals surface area (Å²) in [6.07, 6.45) is 0. The topological polar surface area (TPSA) is 87.6 Å². The van der Waals surface area contributed by atoms with Crippen LogP contribution in [-0.4, -0.2) is 30.2 Å². The molecule has 0 aliphatic heterocycles. The van der Waals surface area contributed by atoms with Gasteiger partial charge >= 0.3 is 5.97 Å². The predicted molar refractivity (Wildman–Crippen MR) is 110 cm³/mol. The van der Waals surface area contributed by atoms with Gasteiger partial charge in [0.1, 0.15) is 16.8 Å². The van der Waals surface area contributed by atoms with Crippen molar-refractivity contribution in [3.8, 4) is 28.7 Å². The van der Waals surface area contributed by atoms with Crippen LogP contribution in [0.5, 0.6) is 5.75 Å². The highest BCUT2D eigenvalue weighted by Crippen LogP contribution is 2.34. The number of esters is 1. The van der Waals surface area contributed by atoms with Crippen LogP contribution in [0.1, 0.15) is 10.4 Å². The highest BCUT2D eigenvalue weighted by molar-refractivity contribution is 6.02. The van der Waals surface area contributed by atoms with Crippen LogP contribution in [0.4, 0.5) is 0 Å². The Hall–Kier alpha value is -4.13. The van der Waals surface area contributed by atoms with Gasteiger partial charge in [-0.3, -0.25) is 0 Å². The number of oxazole rings is 2. The summed E-state index contributed by atoms with van der Waals surface area (Å²) in [6, 6.07) is 18.1. The number of benzene rings is 3. The summed E-state index contributed by atoms with van der Waals surface area (Å²) in [4.78, 5) is 21.3. The van der Waals surface area contributed by atoms with Gasteiger partial charge in [-0.2, -0.15) is 0 Å². The van der Waals surface area contributed by atoms with E-state index in [1.54, 1.807) is 25.3 Å². The van der Waals surface area contributed by atoms with Crippen molar-refractivity contribution in [2.45, 2.75) is 0 Å². The van der Waals surface area contributed by atoms with Crippen LogP contribution in [0, 0.1) is 0 Å². The van der Waals surface area contributed by atoms with Crippen molar-refractivity contribution < 1.29 is 23.1 Å². The summed E-state index contributed by atoms with van der Waals surface area (Å²) < 4.78 is 21.9. The van der Waals surface area contributed by atoms with E-state index in [1.807, 2.05) is 42.5 Å². The van der Waals surface area contributed by atoms with Gasteiger partial charge in [0.05, 0.1) is 25.3 Å². The fourth-order valence-electron chi connectivity index (χ4n) is 3.32. The van der Waals surface area contributed by atoms with E-state index in [9.17, 15) is 4.79 Å². The molecule has 0 aliphatic carbocycles. The number of carbonyl (C=O) groups is 1. The molecule has 0 fully saturated rings. The third-order valence-electron chi connectivity index (χ3n) is 4.81. The molecule has 5 rings (SSSR count). The van der Waals surface area contributed by atoms with E-state index < -0.39 is 5.97 Å². The van der Waals surface area contributed by atoms with Crippen LogP contribution in [0.3, 0.4) is 0 Å². The summed E-state index contributed by atoms with van der Waals surface area (Å²) in [6.45, 7) is 0. The van der Waals surface area contributed by atoms with Gasteiger partial charge in [-0.05, 0) is 48.5 Å².